The Bertz CT molecular complexity index is 1080. The Balaban J connectivity index is 1.79. The van der Waals surface area contributed by atoms with Gasteiger partial charge in [0, 0.05) is 25.2 Å². The number of aliphatic carboxylic acids is 1. The molecule has 32 heavy (non-hydrogen) atoms. The second-order valence-electron chi connectivity index (χ2n) is 7.36. The third kappa shape index (κ3) is 7.20. The Morgan fingerprint density at radius 2 is 1.97 bits per heavy atom. The number of aromatic nitrogens is 1. The Hall–Kier alpha value is -3.18. The van der Waals surface area contributed by atoms with Gasteiger partial charge in [0.15, 0.2) is 9.84 Å². The molecule has 3 rings (SSSR count). The van der Waals surface area contributed by atoms with Crippen LogP contribution in [0.25, 0.3) is 0 Å². The molecule has 0 atom stereocenters. The number of hydrazone groups is 1. The van der Waals surface area contributed by atoms with Crippen LogP contribution in [0.2, 0.25) is 0 Å². The average molecular weight is 464 g/mol. The van der Waals surface area contributed by atoms with Gasteiger partial charge in [-0.3, -0.25) is 10.4 Å². The molecule has 0 aliphatic carbocycles. The number of nitrogens with zero attached hydrogens (tertiary/aromatic N) is 2. The van der Waals surface area contributed by atoms with Crippen molar-refractivity contribution in [3.8, 4) is 17.2 Å². The number of sulfone groups is 1. The van der Waals surface area contributed by atoms with Gasteiger partial charge in [-0.2, -0.15) is 5.10 Å². The van der Waals surface area contributed by atoms with Crippen molar-refractivity contribution in [2.45, 2.75) is 31.6 Å². The van der Waals surface area contributed by atoms with Crippen molar-refractivity contribution >= 4 is 27.2 Å². The van der Waals surface area contributed by atoms with Crippen LogP contribution in [0.3, 0.4) is 0 Å². The van der Waals surface area contributed by atoms with E-state index < -0.39 is 15.8 Å². The summed E-state index contributed by atoms with van der Waals surface area (Å²) in [6, 6.07) is 8.26. The number of carboxylic acid groups (broad SMARTS) is 1. The van der Waals surface area contributed by atoms with E-state index in [1.54, 1.807) is 30.3 Å². The second kappa shape index (κ2) is 10.4. The minimum absolute atomic E-state index is 0.0546. The Morgan fingerprint density at radius 3 is 2.59 bits per heavy atom. The normalized spacial score (nSPS) is 15.2. The summed E-state index contributed by atoms with van der Waals surface area (Å²) < 4.78 is 40.1. The first-order chi connectivity index (χ1) is 15.2. The molecule has 0 spiro atoms. The predicted octanol–water partition coefficient (Wildman–Crippen LogP) is 2.85. The number of benzene rings is 1. The lowest BCUT2D eigenvalue weighted by Crippen LogP contribution is -2.26. The zero-order valence-corrected chi connectivity index (χ0v) is 18.6. The van der Waals surface area contributed by atoms with Gasteiger partial charge in [-0.25, -0.2) is 13.2 Å². The van der Waals surface area contributed by atoms with E-state index in [0.29, 0.717) is 41.8 Å². The maximum atomic E-state index is 11.4. The van der Waals surface area contributed by atoms with Crippen LogP contribution in [0.5, 0.6) is 17.2 Å². The number of carbonyl (C=O) groups is 1. The highest BCUT2D eigenvalue weighted by Crippen LogP contribution is 2.33. The molecule has 0 amide bonds. The van der Waals surface area contributed by atoms with Crippen LogP contribution >= 0.6 is 0 Å². The number of hydrogen-bond donors (Lipinski definition) is 2. The summed E-state index contributed by atoms with van der Waals surface area (Å²) in [5.41, 5.74) is 3.55. The summed E-state index contributed by atoms with van der Waals surface area (Å²) in [5, 5.41) is 12.9. The van der Waals surface area contributed by atoms with Gasteiger partial charge in [0.25, 0.3) is 0 Å². The first-order valence-electron chi connectivity index (χ1n) is 9.92. The molecule has 11 heteroatoms. The molecule has 2 N–H and O–H groups in total. The highest BCUT2D eigenvalue weighted by atomic mass is 32.2. The van der Waals surface area contributed by atoms with Crippen LogP contribution in [0.1, 0.15) is 25.5 Å². The fourth-order valence-corrected chi connectivity index (χ4v) is 3.59. The fourth-order valence-electron chi connectivity index (χ4n) is 2.88. The maximum Gasteiger partial charge on any atom is 0.351 e. The van der Waals surface area contributed by atoms with E-state index in [0.717, 1.165) is 19.1 Å². The minimum atomic E-state index is -3.17. The van der Waals surface area contributed by atoms with Gasteiger partial charge in [0.2, 0.25) is 0 Å². The molecule has 0 radical (unpaired) electrons. The summed E-state index contributed by atoms with van der Waals surface area (Å²) in [7, 11) is -3.17. The van der Waals surface area contributed by atoms with Gasteiger partial charge in [-0.05, 0) is 31.2 Å². The lowest BCUT2D eigenvalue weighted by molar-refractivity contribution is -0.129. The molecule has 1 fully saturated rings. The summed E-state index contributed by atoms with van der Waals surface area (Å²) in [4.78, 5) is 15.1. The topological polar surface area (TPSA) is 136 Å². The van der Waals surface area contributed by atoms with E-state index in [1.165, 1.54) is 13.1 Å². The van der Waals surface area contributed by atoms with Crippen LogP contribution in [0.15, 0.2) is 41.6 Å². The molecule has 1 aliphatic rings. The van der Waals surface area contributed by atoms with Gasteiger partial charge in [0.1, 0.15) is 29.1 Å². The van der Waals surface area contributed by atoms with Crippen LogP contribution in [0.4, 0.5) is 5.69 Å². The standard InChI is InChI=1S/C21H25N3O7S/c1-14(21(25)26)23-24-19-6-5-17(11-20(19)31-16-7-9-29-10-8-16)30-18-4-3-15(22-12-18)13-32(2,27)28/h3-6,11-12,16,24H,7-10,13H2,1-2H3,(H,25,26)/b23-14+. The van der Waals surface area contributed by atoms with E-state index in [1.807, 2.05) is 0 Å². The molecule has 1 aromatic carbocycles. The third-order valence-corrected chi connectivity index (χ3v) is 5.33. The summed E-state index contributed by atoms with van der Waals surface area (Å²) >= 11 is 0. The summed E-state index contributed by atoms with van der Waals surface area (Å²) in [6.45, 7) is 2.59. The molecule has 0 unspecified atom stereocenters. The summed E-state index contributed by atoms with van der Waals surface area (Å²) in [6.07, 6.45) is 4.01. The van der Waals surface area contributed by atoms with Crippen molar-refractivity contribution in [1.29, 1.82) is 0 Å². The summed E-state index contributed by atoms with van der Waals surface area (Å²) in [5.74, 6) is 0.0793. The van der Waals surface area contributed by atoms with E-state index in [-0.39, 0.29) is 17.6 Å². The van der Waals surface area contributed by atoms with Gasteiger partial charge in [-0.1, -0.05) is 0 Å². The highest BCUT2D eigenvalue weighted by Gasteiger charge is 2.18. The largest absolute Gasteiger partial charge is 0.488 e. The molecule has 10 nitrogen and oxygen atoms in total. The number of carboxylic acids is 1. The Labute approximate surface area is 186 Å². The number of rotatable bonds is 9. The molecule has 172 valence electrons. The average Bonchev–Trinajstić information content (AvgIpc) is 2.74. The SMILES string of the molecule is C/C(=N\Nc1ccc(Oc2ccc(CS(C)(=O)=O)nc2)cc1OC1CCOCC1)C(=O)O. The number of pyridine rings is 1. The predicted molar refractivity (Wildman–Crippen MR) is 118 cm³/mol. The van der Waals surface area contributed by atoms with E-state index >= 15 is 0 Å². The minimum Gasteiger partial charge on any atom is -0.488 e. The molecular weight excluding hydrogens is 438 g/mol. The molecule has 2 aromatic rings. The van der Waals surface area contributed by atoms with Gasteiger partial charge in [0.05, 0.1) is 36.5 Å². The van der Waals surface area contributed by atoms with Crippen molar-refractivity contribution < 1.29 is 32.5 Å². The van der Waals surface area contributed by atoms with Crippen molar-refractivity contribution in [1.82, 2.24) is 4.98 Å². The zero-order valence-electron chi connectivity index (χ0n) is 17.8. The Morgan fingerprint density at radius 1 is 1.25 bits per heavy atom. The van der Waals surface area contributed by atoms with Crippen LogP contribution in [-0.2, 0) is 25.1 Å². The highest BCUT2D eigenvalue weighted by molar-refractivity contribution is 7.89. The van der Waals surface area contributed by atoms with E-state index in [2.05, 4.69) is 15.5 Å². The monoisotopic (exact) mass is 463 g/mol. The smallest absolute Gasteiger partial charge is 0.351 e. The second-order valence-corrected chi connectivity index (χ2v) is 9.50. The quantitative estimate of drug-likeness (QED) is 0.425. The first kappa shape index (κ1) is 23.5. The number of hydrogen-bond acceptors (Lipinski definition) is 9. The van der Waals surface area contributed by atoms with Gasteiger partial charge < -0.3 is 19.3 Å². The van der Waals surface area contributed by atoms with Crippen LogP contribution in [0, 0.1) is 0 Å². The lowest BCUT2D eigenvalue weighted by Gasteiger charge is -2.24. The van der Waals surface area contributed by atoms with Crippen LogP contribution < -0.4 is 14.9 Å². The van der Waals surface area contributed by atoms with E-state index in [9.17, 15) is 13.2 Å². The third-order valence-electron chi connectivity index (χ3n) is 4.51. The Kier molecular flexibility index (Phi) is 7.65. The zero-order chi connectivity index (χ0) is 23.1. The van der Waals surface area contributed by atoms with Crippen molar-refractivity contribution in [3.05, 3.63) is 42.2 Å². The van der Waals surface area contributed by atoms with Gasteiger partial charge in [-0.15, -0.1) is 0 Å². The molecule has 1 saturated heterocycles. The fraction of sp³-hybridized carbons (Fsp3) is 0.381. The number of ether oxygens (including phenoxy) is 3. The van der Waals surface area contributed by atoms with Crippen molar-refractivity contribution in [3.63, 3.8) is 0 Å². The maximum absolute atomic E-state index is 11.4. The molecule has 1 aromatic heterocycles. The molecule has 1 aliphatic heterocycles. The molecular formula is C21H25N3O7S. The molecule has 0 bridgehead atoms. The van der Waals surface area contributed by atoms with Crippen molar-refractivity contribution in [2.24, 2.45) is 5.10 Å². The van der Waals surface area contributed by atoms with Crippen molar-refractivity contribution in [2.75, 3.05) is 24.9 Å². The number of anilines is 1. The first-order valence-corrected chi connectivity index (χ1v) is 12.0. The lowest BCUT2D eigenvalue weighted by atomic mass is 10.1. The van der Waals surface area contributed by atoms with Crippen LogP contribution in [-0.4, -0.2) is 55.8 Å². The van der Waals surface area contributed by atoms with Gasteiger partial charge >= 0.3 is 5.97 Å². The number of nitrogens with one attached hydrogen (secondary N) is 1. The molecule has 2 heterocycles. The molecule has 0 saturated carbocycles. The van der Waals surface area contributed by atoms with E-state index in [4.69, 9.17) is 19.3 Å².